The van der Waals surface area contributed by atoms with Crippen molar-refractivity contribution in [3.05, 3.63) is 29.6 Å². The molecule has 2 rings (SSSR count). The predicted octanol–water partition coefficient (Wildman–Crippen LogP) is 2.70. The average molecular weight is 232 g/mol. The maximum absolute atomic E-state index is 12.0. The van der Waals surface area contributed by atoms with Crippen LogP contribution in [0.5, 0.6) is 0 Å². The second-order valence-corrected chi connectivity index (χ2v) is 5.09. The average Bonchev–Trinajstić information content (AvgIpc) is 2.32. The van der Waals surface area contributed by atoms with Gasteiger partial charge in [0.25, 0.3) is 5.91 Å². The summed E-state index contributed by atoms with van der Waals surface area (Å²) in [4.78, 5) is 16.2. The normalized spacial score (nSPS) is 24.4. The molecule has 1 aliphatic carbocycles. The van der Waals surface area contributed by atoms with Gasteiger partial charge in [-0.2, -0.15) is 0 Å². The van der Waals surface area contributed by atoms with Crippen LogP contribution in [-0.4, -0.2) is 16.9 Å². The van der Waals surface area contributed by atoms with Crippen molar-refractivity contribution >= 4 is 5.91 Å². The third-order valence-corrected chi connectivity index (χ3v) is 3.47. The van der Waals surface area contributed by atoms with Gasteiger partial charge in [0.05, 0.1) is 0 Å². The van der Waals surface area contributed by atoms with Gasteiger partial charge in [-0.05, 0) is 50.7 Å². The van der Waals surface area contributed by atoms with Crippen molar-refractivity contribution in [3.8, 4) is 0 Å². The molecular weight excluding hydrogens is 212 g/mol. The monoisotopic (exact) mass is 232 g/mol. The highest BCUT2D eigenvalue weighted by atomic mass is 16.1. The molecule has 0 aliphatic heterocycles. The number of rotatable bonds is 2. The fraction of sp³-hybridized carbons (Fsp3) is 0.571. The van der Waals surface area contributed by atoms with E-state index in [9.17, 15) is 4.79 Å². The van der Waals surface area contributed by atoms with Gasteiger partial charge in [-0.3, -0.25) is 4.79 Å². The number of amides is 1. The maximum atomic E-state index is 12.0. The lowest BCUT2D eigenvalue weighted by Crippen LogP contribution is -2.37. The zero-order valence-electron chi connectivity index (χ0n) is 10.6. The summed E-state index contributed by atoms with van der Waals surface area (Å²) in [5.41, 5.74) is 1.42. The van der Waals surface area contributed by atoms with Gasteiger partial charge in [0.1, 0.15) is 5.69 Å². The van der Waals surface area contributed by atoms with Crippen molar-refractivity contribution < 1.29 is 4.79 Å². The molecule has 0 unspecified atom stereocenters. The summed E-state index contributed by atoms with van der Waals surface area (Å²) in [6.45, 7) is 4.18. The number of nitrogens with zero attached hydrogens (tertiary/aromatic N) is 1. The summed E-state index contributed by atoms with van der Waals surface area (Å²) in [5, 5.41) is 3.08. The number of aromatic nitrogens is 1. The predicted molar refractivity (Wildman–Crippen MR) is 67.9 cm³/mol. The first-order valence-corrected chi connectivity index (χ1v) is 6.39. The minimum Gasteiger partial charge on any atom is -0.348 e. The molecule has 17 heavy (non-hydrogen) atoms. The number of hydrogen-bond donors (Lipinski definition) is 1. The van der Waals surface area contributed by atoms with Crippen LogP contribution in [0.1, 0.15) is 48.8 Å². The standard InChI is InChI=1S/C14H20N2O/c1-10-6-8-12(9-7-10)16-14(17)13-5-3-4-11(2)15-13/h3-5,10,12H,6-9H2,1-2H3,(H,16,17). The Kier molecular flexibility index (Phi) is 3.77. The first kappa shape index (κ1) is 12.1. The van der Waals surface area contributed by atoms with Gasteiger partial charge in [0.2, 0.25) is 0 Å². The molecule has 1 fully saturated rings. The Morgan fingerprint density at radius 3 is 2.65 bits per heavy atom. The summed E-state index contributed by atoms with van der Waals surface area (Å²) in [7, 11) is 0. The molecule has 0 atom stereocenters. The van der Waals surface area contributed by atoms with E-state index in [0.29, 0.717) is 11.7 Å². The van der Waals surface area contributed by atoms with E-state index in [1.807, 2.05) is 19.1 Å². The van der Waals surface area contributed by atoms with E-state index in [1.54, 1.807) is 6.07 Å². The second-order valence-electron chi connectivity index (χ2n) is 5.09. The van der Waals surface area contributed by atoms with Crippen molar-refractivity contribution in [2.75, 3.05) is 0 Å². The largest absolute Gasteiger partial charge is 0.348 e. The van der Waals surface area contributed by atoms with Crippen LogP contribution in [0, 0.1) is 12.8 Å². The highest BCUT2D eigenvalue weighted by molar-refractivity contribution is 5.92. The summed E-state index contributed by atoms with van der Waals surface area (Å²) >= 11 is 0. The lowest BCUT2D eigenvalue weighted by atomic mass is 9.87. The van der Waals surface area contributed by atoms with Crippen LogP contribution < -0.4 is 5.32 Å². The Balaban J connectivity index is 1.93. The molecule has 1 aromatic heterocycles. The van der Waals surface area contributed by atoms with E-state index in [4.69, 9.17) is 0 Å². The van der Waals surface area contributed by atoms with Crippen molar-refractivity contribution in [1.29, 1.82) is 0 Å². The van der Waals surface area contributed by atoms with Crippen LogP contribution in [0.2, 0.25) is 0 Å². The molecule has 1 amide bonds. The number of carbonyl (C=O) groups is 1. The number of nitrogens with one attached hydrogen (secondary N) is 1. The molecule has 0 saturated heterocycles. The molecule has 3 heteroatoms. The van der Waals surface area contributed by atoms with Crippen LogP contribution >= 0.6 is 0 Å². The van der Waals surface area contributed by atoms with E-state index >= 15 is 0 Å². The lowest BCUT2D eigenvalue weighted by Gasteiger charge is -2.26. The molecule has 92 valence electrons. The molecule has 1 saturated carbocycles. The minimum atomic E-state index is -0.0340. The van der Waals surface area contributed by atoms with E-state index in [-0.39, 0.29) is 5.91 Å². The number of aryl methyl sites for hydroxylation is 1. The zero-order valence-corrected chi connectivity index (χ0v) is 10.6. The molecule has 1 aromatic rings. The number of pyridine rings is 1. The molecule has 0 bridgehead atoms. The first-order chi connectivity index (χ1) is 8.15. The van der Waals surface area contributed by atoms with Gasteiger partial charge >= 0.3 is 0 Å². The third kappa shape index (κ3) is 3.29. The van der Waals surface area contributed by atoms with Crippen LogP contribution in [0.3, 0.4) is 0 Å². The molecule has 0 aromatic carbocycles. The zero-order chi connectivity index (χ0) is 12.3. The Bertz CT molecular complexity index is 395. The van der Waals surface area contributed by atoms with Gasteiger partial charge in [-0.15, -0.1) is 0 Å². The molecular formula is C14H20N2O. The topological polar surface area (TPSA) is 42.0 Å². The van der Waals surface area contributed by atoms with Crippen molar-refractivity contribution in [3.63, 3.8) is 0 Å². The van der Waals surface area contributed by atoms with Crippen molar-refractivity contribution in [2.45, 2.75) is 45.6 Å². The van der Waals surface area contributed by atoms with E-state index in [2.05, 4.69) is 17.2 Å². The summed E-state index contributed by atoms with van der Waals surface area (Å²) in [6.07, 6.45) is 4.62. The van der Waals surface area contributed by atoms with E-state index < -0.39 is 0 Å². The number of hydrogen-bond acceptors (Lipinski definition) is 2. The molecule has 1 N–H and O–H groups in total. The van der Waals surface area contributed by atoms with E-state index in [1.165, 1.54) is 12.8 Å². The fourth-order valence-electron chi connectivity index (χ4n) is 2.33. The molecule has 0 spiro atoms. The molecule has 3 nitrogen and oxygen atoms in total. The smallest absolute Gasteiger partial charge is 0.270 e. The highest BCUT2D eigenvalue weighted by Crippen LogP contribution is 2.23. The Morgan fingerprint density at radius 1 is 1.29 bits per heavy atom. The van der Waals surface area contributed by atoms with Crippen LogP contribution in [-0.2, 0) is 0 Å². The minimum absolute atomic E-state index is 0.0340. The van der Waals surface area contributed by atoms with Crippen LogP contribution in [0.4, 0.5) is 0 Å². The third-order valence-electron chi connectivity index (χ3n) is 3.47. The SMILES string of the molecule is Cc1cccc(C(=O)NC2CCC(C)CC2)n1. The van der Waals surface area contributed by atoms with Crippen LogP contribution in [0.25, 0.3) is 0 Å². The highest BCUT2D eigenvalue weighted by Gasteiger charge is 2.20. The Labute approximate surface area is 103 Å². The Morgan fingerprint density at radius 2 is 2.00 bits per heavy atom. The van der Waals surface area contributed by atoms with Crippen LogP contribution in [0.15, 0.2) is 18.2 Å². The fourth-order valence-corrected chi connectivity index (χ4v) is 2.33. The lowest BCUT2D eigenvalue weighted by molar-refractivity contribution is 0.0917. The quantitative estimate of drug-likeness (QED) is 0.851. The van der Waals surface area contributed by atoms with Gasteiger partial charge < -0.3 is 5.32 Å². The summed E-state index contributed by atoms with van der Waals surface area (Å²) < 4.78 is 0. The maximum Gasteiger partial charge on any atom is 0.270 e. The van der Waals surface area contributed by atoms with Gasteiger partial charge in [-0.25, -0.2) is 4.98 Å². The van der Waals surface area contributed by atoms with Gasteiger partial charge in [-0.1, -0.05) is 13.0 Å². The van der Waals surface area contributed by atoms with Crippen molar-refractivity contribution in [1.82, 2.24) is 10.3 Å². The van der Waals surface area contributed by atoms with Crippen molar-refractivity contribution in [2.24, 2.45) is 5.92 Å². The van der Waals surface area contributed by atoms with Gasteiger partial charge in [0, 0.05) is 11.7 Å². The van der Waals surface area contributed by atoms with E-state index in [0.717, 1.165) is 24.5 Å². The summed E-state index contributed by atoms with van der Waals surface area (Å²) in [5.74, 6) is 0.772. The molecule has 0 radical (unpaired) electrons. The molecule has 1 heterocycles. The first-order valence-electron chi connectivity index (χ1n) is 6.39. The van der Waals surface area contributed by atoms with Gasteiger partial charge in [0.15, 0.2) is 0 Å². The number of carbonyl (C=O) groups excluding carboxylic acids is 1. The Hall–Kier alpha value is -1.38. The summed E-state index contributed by atoms with van der Waals surface area (Å²) in [6, 6.07) is 5.88. The molecule has 1 aliphatic rings. The second kappa shape index (κ2) is 5.30.